The van der Waals surface area contributed by atoms with Crippen molar-refractivity contribution < 1.29 is 17.9 Å². The Balaban J connectivity index is 0.00000341. The molecule has 0 radical (unpaired) electrons. The van der Waals surface area contributed by atoms with Crippen molar-refractivity contribution in [1.82, 2.24) is 25.2 Å². The number of nitrogens with zero attached hydrogens (tertiary/aromatic N) is 4. The minimum atomic E-state index is -4.75. The van der Waals surface area contributed by atoms with E-state index in [1.165, 1.54) is 12.1 Å². The van der Waals surface area contributed by atoms with E-state index >= 15 is 0 Å². The van der Waals surface area contributed by atoms with Crippen LogP contribution in [0.2, 0.25) is 0 Å². The molecule has 2 aromatic heterocycles. The van der Waals surface area contributed by atoms with Gasteiger partial charge in [0, 0.05) is 37.2 Å². The number of halogens is 4. The molecule has 1 aromatic carbocycles. The molecule has 2 heterocycles. The molecule has 0 unspecified atom stereocenters. The summed E-state index contributed by atoms with van der Waals surface area (Å²) < 4.78 is 43.7. The van der Waals surface area contributed by atoms with E-state index in [0.717, 1.165) is 11.4 Å². The summed E-state index contributed by atoms with van der Waals surface area (Å²) in [6.07, 6.45) is 2.05. The number of alkyl halides is 3. The van der Waals surface area contributed by atoms with Gasteiger partial charge in [-0.1, -0.05) is 18.2 Å². The Labute approximate surface area is 194 Å². The smallest absolute Gasteiger partial charge is 0.405 e. The van der Waals surface area contributed by atoms with E-state index in [-0.39, 0.29) is 36.3 Å². The van der Waals surface area contributed by atoms with Crippen LogP contribution in [0, 0.1) is 0 Å². The van der Waals surface area contributed by atoms with E-state index in [0.29, 0.717) is 24.6 Å². The van der Waals surface area contributed by atoms with Crippen molar-refractivity contribution in [2.24, 2.45) is 4.99 Å². The fraction of sp³-hybridized carbons (Fsp3) is 0.250. The highest BCUT2D eigenvalue weighted by atomic mass is 127. The van der Waals surface area contributed by atoms with Gasteiger partial charge in [0.05, 0.1) is 6.54 Å². The molecule has 0 bridgehead atoms. The number of imidazole rings is 1. The van der Waals surface area contributed by atoms with Crippen molar-refractivity contribution in [2.75, 3.05) is 6.54 Å². The van der Waals surface area contributed by atoms with Crippen LogP contribution in [-0.4, -0.2) is 33.4 Å². The third-order valence-electron chi connectivity index (χ3n) is 3.99. The third-order valence-corrected chi connectivity index (χ3v) is 3.99. The van der Waals surface area contributed by atoms with Crippen LogP contribution >= 0.6 is 24.0 Å². The molecular weight excluding hydrogens is 524 g/mol. The monoisotopic (exact) mass is 546 g/mol. The third kappa shape index (κ3) is 7.74. The predicted molar refractivity (Wildman–Crippen MR) is 122 cm³/mol. The number of nitrogens with one attached hydrogen (secondary N) is 2. The van der Waals surface area contributed by atoms with Gasteiger partial charge in [0.25, 0.3) is 0 Å². The Morgan fingerprint density at radius 1 is 1.16 bits per heavy atom. The number of benzene rings is 1. The summed E-state index contributed by atoms with van der Waals surface area (Å²) in [6.45, 7) is 2.99. The molecule has 31 heavy (non-hydrogen) atoms. The van der Waals surface area contributed by atoms with E-state index < -0.39 is 6.36 Å². The number of aromatic nitrogens is 3. The zero-order valence-corrected chi connectivity index (χ0v) is 19.0. The molecule has 0 saturated carbocycles. The fourth-order valence-corrected chi connectivity index (χ4v) is 2.66. The van der Waals surface area contributed by atoms with Gasteiger partial charge in [-0.15, -0.1) is 37.1 Å². The van der Waals surface area contributed by atoms with Crippen LogP contribution in [0.25, 0.3) is 5.82 Å². The molecule has 0 aliphatic heterocycles. The van der Waals surface area contributed by atoms with Crippen LogP contribution in [0.15, 0.2) is 66.3 Å². The van der Waals surface area contributed by atoms with Gasteiger partial charge in [-0.25, -0.2) is 15.0 Å². The van der Waals surface area contributed by atoms with Gasteiger partial charge < -0.3 is 15.4 Å². The summed E-state index contributed by atoms with van der Waals surface area (Å²) in [5.41, 5.74) is 1.29. The number of para-hydroxylation sites is 1. The normalized spacial score (nSPS) is 11.5. The molecule has 0 atom stereocenters. The van der Waals surface area contributed by atoms with Crippen molar-refractivity contribution in [3.05, 3.63) is 72.4 Å². The molecule has 0 aliphatic rings. The highest BCUT2D eigenvalue weighted by molar-refractivity contribution is 14.0. The zero-order chi connectivity index (χ0) is 21.4. The molecule has 3 aromatic rings. The van der Waals surface area contributed by atoms with Crippen molar-refractivity contribution in [1.29, 1.82) is 0 Å². The molecule has 0 saturated heterocycles. The molecule has 166 valence electrons. The van der Waals surface area contributed by atoms with Gasteiger partial charge in [-0.3, -0.25) is 4.57 Å². The van der Waals surface area contributed by atoms with E-state index in [9.17, 15) is 13.2 Å². The molecule has 0 fully saturated rings. The lowest BCUT2D eigenvalue weighted by molar-refractivity contribution is -0.274. The van der Waals surface area contributed by atoms with Crippen LogP contribution in [-0.2, 0) is 13.1 Å². The summed E-state index contributed by atoms with van der Waals surface area (Å²) in [6, 6.07) is 9.73. The Kier molecular flexibility index (Phi) is 9.09. The standard InChI is InChI=1S/C20H21F3N6O.HI/c1-2-25-19(28-13-16-5-3-4-6-17(16)30-20(21,22)23)27-12-15-7-8-26-18(11-15)29-10-9-24-14-29;/h3-11,14H,2,12-13H2,1H3,(H2,25,27,28);1H. The average molecular weight is 546 g/mol. The van der Waals surface area contributed by atoms with Crippen LogP contribution in [0.4, 0.5) is 13.2 Å². The maximum Gasteiger partial charge on any atom is 0.573 e. The highest BCUT2D eigenvalue weighted by Crippen LogP contribution is 2.26. The Morgan fingerprint density at radius 2 is 1.97 bits per heavy atom. The second kappa shape index (κ2) is 11.5. The predicted octanol–water partition coefficient (Wildman–Crippen LogP) is 4.04. The van der Waals surface area contributed by atoms with Crippen molar-refractivity contribution in [3.63, 3.8) is 0 Å². The second-order valence-electron chi connectivity index (χ2n) is 6.20. The minimum Gasteiger partial charge on any atom is -0.405 e. The fourth-order valence-electron chi connectivity index (χ4n) is 2.66. The Bertz CT molecular complexity index is 979. The van der Waals surface area contributed by atoms with Gasteiger partial charge >= 0.3 is 6.36 Å². The van der Waals surface area contributed by atoms with Crippen LogP contribution in [0.3, 0.4) is 0 Å². The summed E-state index contributed by atoms with van der Waals surface area (Å²) in [5.74, 6) is 0.948. The Hall–Kier alpha value is -2.83. The SMILES string of the molecule is CCNC(=NCc1ccnc(-n2ccnc2)c1)NCc1ccccc1OC(F)(F)F.I. The number of aliphatic imine (C=N–C) groups is 1. The number of rotatable bonds is 7. The molecule has 3 rings (SSSR count). The van der Waals surface area contributed by atoms with E-state index in [1.807, 2.05) is 19.1 Å². The van der Waals surface area contributed by atoms with Gasteiger partial charge in [0.1, 0.15) is 17.9 Å². The first kappa shape index (κ1) is 24.4. The van der Waals surface area contributed by atoms with E-state index in [2.05, 4.69) is 30.3 Å². The number of guanidine groups is 1. The molecular formula is C20H22F3IN6O. The summed E-state index contributed by atoms with van der Waals surface area (Å²) in [7, 11) is 0. The highest BCUT2D eigenvalue weighted by Gasteiger charge is 2.31. The largest absolute Gasteiger partial charge is 0.573 e. The maximum absolute atomic E-state index is 12.6. The maximum atomic E-state index is 12.6. The Morgan fingerprint density at radius 3 is 2.68 bits per heavy atom. The van der Waals surface area contributed by atoms with Gasteiger partial charge in [0.15, 0.2) is 5.96 Å². The van der Waals surface area contributed by atoms with Crippen LogP contribution in [0.1, 0.15) is 18.1 Å². The summed E-state index contributed by atoms with van der Waals surface area (Å²) in [4.78, 5) is 12.8. The number of pyridine rings is 1. The van der Waals surface area contributed by atoms with Gasteiger partial charge in [-0.2, -0.15) is 0 Å². The van der Waals surface area contributed by atoms with Crippen molar-refractivity contribution in [2.45, 2.75) is 26.4 Å². The lowest BCUT2D eigenvalue weighted by Gasteiger charge is -2.15. The first-order chi connectivity index (χ1) is 14.4. The quantitative estimate of drug-likeness (QED) is 0.266. The first-order valence-electron chi connectivity index (χ1n) is 9.23. The lowest BCUT2D eigenvalue weighted by Crippen LogP contribution is -2.37. The average Bonchev–Trinajstić information content (AvgIpc) is 3.25. The second-order valence-corrected chi connectivity index (χ2v) is 6.20. The zero-order valence-electron chi connectivity index (χ0n) is 16.6. The molecule has 0 aliphatic carbocycles. The van der Waals surface area contributed by atoms with Crippen LogP contribution in [0.5, 0.6) is 5.75 Å². The molecule has 0 amide bonds. The van der Waals surface area contributed by atoms with E-state index in [4.69, 9.17) is 0 Å². The van der Waals surface area contributed by atoms with Crippen molar-refractivity contribution >= 4 is 29.9 Å². The van der Waals surface area contributed by atoms with Gasteiger partial charge in [-0.05, 0) is 30.7 Å². The minimum absolute atomic E-state index is 0. The van der Waals surface area contributed by atoms with Gasteiger partial charge in [0.2, 0.25) is 0 Å². The topological polar surface area (TPSA) is 76.4 Å². The first-order valence-corrected chi connectivity index (χ1v) is 9.23. The summed E-state index contributed by atoms with van der Waals surface area (Å²) in [5, 5.41) is 6.11. The number of hydrogen-bond acceptors (Lipinski definition) is 4. The molecule has 0 spiro atoms. The lowest BCUT2D eigenvalue weighted by atomic mass is 10.2. The van der Waals surface area contributed by atoms with Crippen molar-refractivity contribution in [3.8, 4) is 11.6 Å². The summed E-state index contributed by atoms with van der Waals surface area (Å²) >= 11 is 0. The molecule has 11 heteroatoms. The number of ether oxygens (including phenoxy) is 1. The number of hydrogen-bond donors (Lipinski definition) is 2. The van der Waals surface area contributed by atoms with Crippen LogP contribution < -0.4 is 15.4 Å². The molecule has 7 nitrogen and oxygen atoms in total. The van der Waals surface area contributed by atoms with E-state index in [1.54, 1.807) is 41.6 Å². The molecule has 2 N–H and O–H groups in total.